The quantitative estimate of drug-likeness (QED) is 0.267. The molecule has 2 unspecified atom stereocenters. The van der Waals surface area contributed by atoms with E-state index < -0.39 is 28.5 Å². The van der Waals surface area contributed by atoms with Crippen molar-refractivity contribution in [2.75, 3.05) is 32.2 Å². The van der Waals surface area contributed by atoms with E-state index >= 15 is 0 Å². The van der Waals surface area contributed by atoms with E-state index in [4.69, 9.17) is 14.2 Å². The number of nitrogens with one attached hydrogen (secondary N) is 1. The van der Waals surface area contributed by atoms with Crippen LogP contribution in [0.1, 0.15) is 39.2 Å². The fraction of sp³-hybridized carbons (Fsp3) is 0.375. The Balaban J connectivity index is 2.11. The number of nitrogens with zero attached hydrogens (tertiary/aromatic N) is 2. The molecule has 0 radical (unpaired) electrons. The van der Waals surface area contributed by atoms with Gasteiger partial charge in [0.2, 0.25) is 11.8 Å². The van der Waals surface area contributed by atoms with E-state index in [2.05, 4.69) is 5.32 Å². The Hall–Kier alpha value is -4.25. The molecule has 11 heteroatoms. The highest BCUT2D eigenvalue weighted by Gasteiger charge is 2.34. The predicted molar refractivity (Wildman–Crippen MR) is 166 cm³/mol. The molecule has 10 nitrogen and oxygen atoms in total. The SMILES string of the molecule is CCC(C)NC(=O)C(CC)N(Cc1cccc(OC)c1)C(=O)CN(c1ccc(OC)c(OC)c1)S(=O)(=O)c1ccccc1. The molecule has 0 aliphatic rings. The molecule has 0 aliphatic heterocycles. The first kappa shape index (κ1) is 33.3. The van der Waals surface area contributed by atoms with Gasteiger partial charge in [0.1, 0.15) is 18.3 Å². The Morgan fingerprint density at radius 2 is 1.53 bits per heavy atom. The summed E-state index contributed by atoms with van der Waals surface area (Å²) in [4.78, 5) is 29.1. The zero-order chi connectivity index (χ0) is 31.6. The number of ether oxygens (including phenoxy) is 3. The average molecular weight is 612 g/mol. The monoisotopic (exact) mass is 611 g/mol. The number of methoxy groups -OCH3 is 3. The molecular weight excluding hydrogens is 570 g/mol. The Morgan fingerprint density at radius 1 is 0.837 bits per heavy atom. The summed E-state index contributed by atoms with van der Waals surface area (Å²) in [6.45, 7) is 5.17. The van der Waals surface area contributed by atoms with Crippen LogP contribution in [-0.2, 0) is 26.2 Å². The lowest BCUT2D eigenvalue weighted by Crippen LogP contribution is -2.53. The fourth-order valence-electron chi connectivity index (χ4n) is 4.56. The Morgan fingerprint density at radius 3 is 2.14 bits per heavy atom. The van der Waals surface area contributed by atoms with Crippen LogP contribution < -0.4 is 23.8 Å². The van der Waals surface area contributed by atoms with Crippen LogP contribution in [0.4, 0.5) is 5.69 Å². The van der Waals surface area contributed by atoms with Crippen molar-refractivity contribution in [2.24, 2.45) is 0 Å². The van der Waals surface area contributed by atoms with Gasteiger partial charge in [0.15, 0.2) is 11.5 Å². The van der Waals surface area contributed by atoms with Gasteiger partial charge >= 0.3 is 0 Å². The lowest BCUT2D eigenvalue weighted by molar-refractivity contribution is -0.140. The molecule has 0 saturated heterocycles. The van der Waals surface area contributed by atoms with Gasteiger partial charge in [-0.15, -0.1) is 0 Å². The van der Waals surface area contributed by atoms with Crippen molar-refractivity contribution < 1.29 is 32.2 Å². The van der Waals surface area contributed by atoms with Crippen LogP contribution in [0.3, 0.4) is 0 Å². The summed E-state index contributed by atoms with van der Waals surface area (Å²) in [6.07, 6.45) is 1.04. The number of carbonyl (C=O) groups is 2. The summed E-state index contributed by atoms with van der Waals surface area (Å²) in [7, 11) is 0.252. The first-order valence-electron chi connectivity index (χ1n) is 14.1. The third kappa shape index (κ3) is 8.19. The van der Waals surface area contributed by atoms with E-state index in [1.54, 1.807) is 55.6 Å². The van der Waals surface area contributed by atoms with Gasteiger partial charge in [-0.1, -0.05) is 44.2 Å². The number of sulfonamides is 1. The second-order valence-corrected chi connectivity index (χ2v) is 11.8. The first-order chi connectivity index (χ1) is 20.6. The van der Waals surface area contributed by atoms with Crippen molar-refractivity contribution >= 4 is 27.5 Å². The van der Waals surface area contributed by atoms with Crippen molar-refractivity contribution in [3.63, 3.8) is 0 Å². The van der Waals surface area contributed by atoms with Gasteiger partial charge in [-0.05, 0) is 61.7 Å². The number of anilines is 1. The molecule has 1 N–H and O–H groups in total. The number of rotatable bonds is 15. The maximum Gasteiger partial charge on any atom is 0.264 e. The summed E-state index contributed by atoms with van der Waals surface area (Å²) in [5, 5.41) is 2.97. The molecule has 3 rings (SSSR count). The number of hydrogen-bond acceptors (Lipinski definition) is 7. The summed E-state index contributed by atoms with van der Waals surface area (Å²) >= 11 is 0. The van der Waals surface area contributed by atoms with Gasteiger partial charge in [-0.2, -0.15) is 0 Å². The highest BCUT2D eigenvalue weighted by Crippen LogP contribution is 2.34. The lowest BCUT2D eigenvalue weighted by Gasteiger charge is -2.34. The van der Waals surface area contributed by atoms with Gasteiger partial charge in [-0.3, -0.25) is 13.9 Å². The van der Waals surface area contributed by atoms with Crippen LogP contribution in [0.25, 0.3) is 0 Å². The third-order valence-corrected chi connectivity index (χ3v) is 8.93. The largest absolute Gasteiger partial charge is 0.497 e. The molecule has 2 amide bonds. The van der Waals surface area contributed by atoms with E-state index in [0.717, 1.165) is 9.87 Å². The molecule has 0 bridgehead atoms. The average Bonchev–Trinajstić information content (AvgIpc) is 3.03. The van der Waals surface area contributed by atoms with Crippen LogP contribution in [0.2, 0.25) is 0 Å². The van der Waals surface area contributed by atoms with E-state index in [1.165, 1.54) is 37.3 Å². The Kier molecular flexibility index (Phi) is 11.8. The third-order valence-electron chi connectivity index (χ3n) is 7.14. The fourth-order valence-corrected chi connectivity index (χ4v) is 5.98. The van der Waals surface area contributed by atoms with E-state index in [1.807, 2.05) is 26.8 Å². The molecule has 0 aromatic heterocycles. The van der Waals surface area contributed by atoms with Crippen LogP contribution in [0.5, 0.6) is 17.2 Å². The molecule has 232 valence electrons. The van der Waals surface area contributed by atoms with Gasteiger partial charge in [0.25, 0.3) is 10.0 Å². The molecule has 43 heavy (non-hydrogen) atoms. The minimum atomic E-state index is -4.22. The van der Waals surface area contributed by atoms with E-state index in [-0.39, 0.29) is 29.1 Å². The Labute approximate surface area is 254 Å². The molecule has 0 fully saturated rings. The van der Waals surface area contributed by atoms with Gasteiger partial charge < -0.3 is 24.4 Å². The van der Waals surface area contributed by atoms with Crippen LogP contribution in [-0.4, -0.2) is 65.1 Å². The zero-order valence-corrected chi connectivity index (χ0v) is 26.4. The summed E-state index contributed by atoms with van der Waals surface area (Å²) in [5.41, 5.74) is 0.930. The van der Waals surface area contributed by atoms with Crippen LogP contribution in [0.15, 0.2) is 77.7 Å². The van der Waals surface area contributed by atoms with Crippen molar-refractivity contribution in [1.82, 2.24) is 10.2 Å². The molecule has 3 aromatic carbocycles. The maximum absolute atomic E-state index is 14.3. The minimum Gasteiger partial charge on any atom is -0.497 e. The molecule has 0 saturated carbocycles. The van der Waals surface area contributed by atoms with Crippen LogP contribution >= 0.6 is 0 Å². The second-order valence-electron chi connectivity index (χ2n) is 9.98. The lowest BCUT2D eigenvalue weighted by atomic mass is 10.1. The topological polar surface area (TPSA) is 114 Å². The predicted octanol–water partition coefficient (Wildman–Crippen LogP) is 4.63. The van der Waals surface area contributed by atoms with E-state index in [9.17, 15) is 18.0 Å². The highest BCUT2D eigenvalue weighted by molar-refractivity contribution is 7.92. The van der Waals surface area contributed by atoms with Crippen molar-refractivity contribution in [3.05, 3.63) is 78.4 Å². The molecule has 0 aliphatic carbocycles. The second kappa shape index (κ2) is 15.3. The van der Waals surface area contributed by atoms with Crippen molar-refractivity contribution in [3.8, 4) is 17.2 Å². The van der Waals surface area contributed by atoms with Crippen molar-refractivity contribution in [2.45, 2.75) is 57.1 Å². The molecule has 3 aromatic rings. The first-order valence-corrected chi connectivity index (χ1v) is 15.6. The molecule has 2 atom stereocenters. The normalized spacial score (nSPS) is 12.5. The van der Waals surface area contributed by atoms with Gasteiger partial charge in [-0.25, -0.2) is 8.42 Å². The Bertz CT molecular complexity index is 1480. The number of benzene rings is 3. The maximum atomic E-state index is 14.3. The molecule has 0 heterocycles. The van der Waals surface area contributed by atoms with Gasteiger partial charge in [0.05, 0.1) is 31.9 Å². The van der Waals surface area contributed by atoms with E-state index in [0.29, 0.717) is 30.1 Å². The molecule has 0 spiro atoms. The summed E-state index contributed by atoms with van der Waals surface area (Å²) in [5.74, 6) is 0.441. The minimum absolute atomic E-state index is 0.0125. The highest BCUT2D eigenvalue weighted by atomic mass is 32.2. The number of carbonyl (C=O) groups excluding carboxylic acids is 2. The smallest absolute Gasteiger partial charge is 0.264 e. The van der Waals surface area contributed by atoms with Crippen LogP contribution in [0, 0.1) is 0 Å². The zero-order valence-electron chi connectivity index (χ0n) is 25.6. The summed E-state index contributed by atoms with van der Waals surface area (Å²) in [6, 6.07) is 18.8. The van der Waals surface area contributed by atoms with Crippen molar-refractivity contribution in [1.29, 1.82) is 0 Å². The van der Waals surface area contributed by atoms with Gasteiger partial charge in [0, 0.05) is 18.7 Å². The molecular formula is C32H41N3O7S. The summed E-state index contributed by atoms with van der Waals surface area (Å²) < 4.78 is 45.2. The standard InChI is InChI=1S/C32H41N3O7S/c1-7-23(3)33-32(37)28(8-2)34(21-24-13-12-14-26(19-24)40-4)31(36)22-35(43(38,39)27-15-10-9-11-16-27)25-17-18-29(41-5)30(20-25)42-6/h9-20,23,28H,7-8,21-22H2,1-6H3,(H,33,37). The number of hydrogen-bond donors (Lipinski definition) is 1. The number of amides is 2.